The van der Waals surface area contributed by atoms with Gasteiger partial charge in [-0.3, -0.25) is 4.79 Å². The molecular formula is C18H25NO8S2. The van der Waals surface area contributed by atoms with Gasteiger partial charge in [-0.2, -0.15) is 0 Å². The minimum atomic E-state index is -3.75. The smallest absolute Gasteiger partial charge is 0.348 e. The highest BCUT2D eigenvalue weighted by molar-refractivity contribution is 7.92. The molecule has 1 atom stereocenters. The Morgan fingerprint density at radius 3 is 2.41 bits per heavy atom. The van der Waals surface area contributed by atoms with E-state index in [0.29, 0.717) is 0 Å². The second kappa shape index (κ2) is 11.1. The highest BCUT2D eigenvalue weighted by Gasteiger charge is 2.31. The van der Waals surface area contributed by atoms with Crippen molar-refractivity contribution in [2.45, 2.75) is 26.0 Å². The molecule has 0 radical (unpaired) electrons. The van der Waals surface area contributed by atoms with E-state index in [1.165, 1.54) is 27.0 Å². The first kappa shape index (κ1) is 24.8. The van der Waals surface area contributed by atoms with Crippen LogP contribution in [0.5, 0.6) is 0 Å². The average molecular weight is 448 g/mol. The van der Waals surface area contributed by atoms with Gasteiger partial charge < -0.3 is 19.5 Å². The van der Waals surface area contributed by atoms with Crippen LogP contribution in [0.2, 0.25) is 0 Å². The lowest BCUT2D eigenvalue weighted by molar-refractivity contribution is -0.115. The largest absolute Gasteiger partial charge is 0.462 e. The summed E-state index contributed by atoms with van der Waals surface area (Å²) < 4.78 is 39.1. The molecule has 0 aliphatic rings. The molecule has 1 aromatic rings. The molecule has 11 heteroatoms. The van der Waals surface area contributed by atoms with Crippen LogP contribution in [0.3, 0.4) is 0 Å². The topological polar surface area (TPSA) is 125 Å². The summed E-state index contributed by atoms with van der Waals surface area (Å²) >= 11 is 0.813. The van der Waals surface area contributed by atoms with Crippen LogP contribution in [-0.2, 0) is 28.8 Å². The van der Waals surface area contributed by atoms with Crippen molar-refractivity contribution in [3.05, 3.63) is 28.7 Å². The van der Waals surface area contributed by atoms with Gasteiger partial charge in [0.25, 0.3) is 0 Å². The third-order valence-electron chi connectivity index (χ3n) is 3.83. The first-order valence-electron chi connectivity index (χ1n) is 8.70. The van der Waals surface area contributed by atoms with Crippen LogP contribution in [-0.4, -0.2) is 64.2 Å². The molecule has 0 saturated heterocycles. The number of hydrogen-bond acceptors (Lipinski definition) is 9. The van der Waals surface area contributed by atoms with Gasteiger partial charge in [-0.05, 0) is 26.3 Å². The molecule has 0 aliphatic carbocycles. The van der Waals surface area contributed by atoms with E-state index in [1.807, 2.05) is 0 Å². The van der Waals surface area contributed by atoms with E-state index in [1.54, 1.807) is 6.92 Å². The number of carbonyl (C=O) groups excluding carboxylic acids is 3. The van der Waals surface area contributed by atoms with Crippen molar-refractivity contribution in [3.63, 3.8) is 0 Å². The third-order valence-corrected chi connectivity index (χ3v) is 7.01. The minimum absolute atomic E-state index is 0.0138. The van der Waals surface area contributed by atoms with Gasteiger partial charge in [0, 0.05) is 7.11 Å². The molecule has 0 bridgehead atoms. The number of hydrogen-bond donors (Lipinski definition) is 1. The van der Waals surface area contributed by atoms with Crippen LogP contribution in [0.4, 0.5) is 5.00 Å². The predicted octanol–water partition coefficient (Wildman–Crippen LogP) is 1.96. The summed E-state index contributed by atoms with van der Waals surface area (Å²) in [6, 6.07) is 0. The Morgan fingerprint density at radius 2 is 1.86 bits per heavy atom. The fraction of sp³-hybridized carbons (Fsp3) is 0.500. The van der Waals surface area contributed by atoms with Crippen LogP contribution < -0.4 is 5.32 Å². The lowest BCUT2D eigenvalue weighted by atomic mass is 10.1. The van der Waals surface area contributed by atoms with E-state index >= 15 is 0 Å². The zero-order valence-electron chi connectivity index (χ0n) is 16.8. The summed E-state index contributed by atoms with van der Waals surface area (Å²) in [5, 5.41) is 1.07. The zero-order valence-corrected chi connectivity index (χ0v) is 18.4. The lowest BCUT2D eigenvalue weighted by Crippen LogP contribution is -2.33. The number of thiophene rings is 1. The Bertz CT molecular complexity index is 873. The first-order valence-corrected chi connectivity index (χ1v) is 11.2. The molecule has 1 aromatic heterocycles. The molecule has 1 heterocycles. The van der Waals surface area contributed by atoms with Crippen molar-refractivity contribution >= 4 is 44.0 Å². The molecule has 0 aromatic carbocycles. The zero-order chi connectivity index (χ0) is 22.2. The van der Waals surface area contributed by atoms with Crippen molar-refractivity contribution in [3.8, 4) is 0 Å². The molecule has 162 valence electrons. The van der Waals surface area contributed by atoms with Gasteiger partial charge >= 0.3 is 11.9 Å². The van der Waals surface area contributed by atoms with Crippen molar-refractivity contribution in [2.75, 3.05) is 38.0 Å². The summed E-state index contributed by atoms with van der Waals surface area (Å²) in [7, 11) is -2.30. The molecule has 1 N–H and O–H groups in total. The predicted molar refractivity (Wildman–Crippen MR) is 109 cm³/mol. The van der Waals surface area contributed by atoms with Crippen LogP contribution in [0.1, 0.15) is 39.4 Å². The quantitative estimate of drug-likeness (QED) is 0.310. The van der Waals surface area contributed by atoms with Crippen LogP contribution in [0, 0.1) is 6.92 Å². The van der Waals surface area contributed by atoms with Gasteiger partial charge in [-0.15, -0.1) is 17.9 Å². The Kier molecular flexibility index (Phi) is 9.47. The summed E-state index contributed by atoms with van der Waals surface area (Å²) in [4.78, 5) is 37.2. The monoisotopic (exact) mass is 447 g/mol. The van der Waals surface area contributed by atoms with E-state index in [9.17, 15) is 22.8 Å². The van der Waals surface area contributed by atoms with Crippen LogP contribution in [0.25, 0.3) is 0 Å². The Balaban J connectivity index is 3.25. The molecular weight excluding hydrogens is 422 g/mol. The van der Waals surface area contributed by atoms with E-state index < -0.39 is 32.9 Å². The number of methoxy groups -OCH3 is 1. The molecule has 1 rings (SSSR count). The summed E-state index contributed by atoms with van der Waals surface area (Å²) in [5.41, 5.74) is 0.255. The van der Waals surface area contributed by atoms with Crippen LogP contribution in [0.15, 0.2) is 12.7 Å². The number of amides is 1. The Morgan fingerprint density at radius 1 is 1.21 bits per heavy atom. The van der Waals surface area contributed by atoms with Crippen molar-refractivity contribution in [2.24, 2.45) is 0 Å². The van der Waals surface area contributed by atoms with Crippen molar-refractivity contribution in [1.82, 2.24) is 0 Å². The number of nitrogens with one attached hydrogen (secondary N) is 1. The van der Waals surface area contributed by atoms with Crippen molar-refractivity contribution < 1.29 is 37.0 Å². The molecule has 0 aliphatic heterocycles. The second-order valence-electron chi connectivity index (χ2n) is 5.86. The summed E-state index contributed by atoms with van der Waals surface area (Å²) in [5.74, 6) is -2.64. The number of carbonyl (C=O) groups is 3. The standard InChI is InChI=1S/C18H25NO8S2/c1-6-10-29(23,24)12(4)15(20)19-16-13(17(21)26-7-2)11(3)14(28-16)18(22)27-9-8-25-5/h6,12H,1,7-10H2,2-5H3,(H,19,20). The van der Waals surface area contributed by atoms with E-state index in [0.717, 1.165) is 11.3 Å². The third kappa shape index (κ3) is 6.38. The van der Waals surface area contributed by atoms with Gasteiger partial charge in [0.1, 0.15) is 21.7 Å². The van der Waals surface area contributed by atoms with Gasteiger partial charge in [0.2, 0.25) is 5.91 Å². The fourth-order valence-electron chi connectivity index (χ4n) is 2.21. The van der Waals surface area contributed by atoms with Gasteiger partial charge in [-0.25, -0.2) is 18.0 Å². The van der Waals surface area contributed by atoms with E-state index in [-0.39, 0.29) is 46.6 Å². The highest BCUT2D eigenvalue weighted by Crippen LogP contribution is 2.34. The number of ether oxygens (including phenoxy) is 3. The van der Waals surface area contributed by atoms with Gasteiger partial charge in [0.05, 0.1) is 24.5 Å². The first-order chi connectivity index (χ1) is 13.6. The van der Waals surface area contributed by atoms with E-state index in [2.05, 4.69) is 11.9 Å². The number of anilines is 1. The lowest BCUT2D eigenvalue weighted by Gasteiger charge is -2.12. The molecule has 29 heavy (non-hydrogen) atoms. The molecule has 9 nitrogen and oxygen atoms in total. The SMILES string of the molecule is C=CCS(=O)(=O)C(C)C(=O)Nc1sc(C(=O)OCCOC)c(C)c1C(=O)OCC. The molecule has 1 amide bonds. The summed E-state index contributed by atoms with van der Waals surface area (Å²) in [6.45, 7) is 8.02. The molecule has 1 unspecified atom stereocenters. The maximum Gasteiger partial charge on any atom is 0.348 e. The maximum atomic E-state index is 12.5. The minimum Gasteiger partial charge on any atom is -0.462 e. The Labute approximate surface area is 173 Å². The van der Waals surface area contributed by atoms with Gasteiger partial charge in [-0.1, -0.05) is 6.08 Å². The molecule has 0 spiro atoms. The molecule has 0 fully saturated rings. The Hall–Kier alpha value is -2.24. The van der Waals surface area contributed by atoms with E-state index in [4.69, 9.17) is 14.2 Å². The number of esters is 2. The molecule has 0 saturated carbocycles. The number of sulfone groups is 1. The fourth-order valence-corrected chi connectivity index (χ4v) is 4.31. The van der Waals surface area contributed by atoms with Crippen molar-refractivity contribution in [1.29, 1.82) is 0 Å². The van der Waals surface area contributed by atoms with Crippen LogP contribution >= 0.6 is 11.3 Å². The highest BCUT2D eigenvalue weighted by atomic mass is 32.2. The average Bonchev–Trinajstić information content (AvgIpc) is 2.97. The van der Waals surface area contributed by atoms with Gasteiger partial charge in [0.15, 0.2) is 9.84 Å². The second-order valence-corrected chi connectivity index (χ2v) is 9.25. The maximum absolute atomic E-state index is 12.5. The summed E-state index contributed by atoms with van der Waals surface area (Å²) in [6.07, 6.45) is 1.19. The normalized spacial score (nSPS) is 12.1. The number of rotatable bonds is 11.